The Bertz CT molecular complexity index is 1340. The van der Waals surface area contributed by atoms with E-state index < -0.39 is 0 Å². The molecule has 38 heavy (non-hydrogen) atoms. The number of pyridine rings is 1. The molecule has 0 bridgehead atoms. The second-order valence-corrected chi connectivity index (χ2v) is 10.6. The van der Waals surface area contributed by atoms with Crippen molar-refractivity contribution in [3.63, 3.8) is 0 Å². The van der Waals surface area contributed by atoms with Crippen molar-refractivity contribution in [3.8, 4) is 17.6 Å². The largest absolute Gasteiger partial charge is 0.493 e. The number of amides is 1. The Kier molecular flexibility index (Phi) is 10.4. The summed E-state index contributed by atoms with van der Waals surface area (Å²) in [6.45, 7) is 7.32. The summed E-state index contributed by atoms with van der Waals surface area (Å²) in [7, 11) is 3.19. The Morgan fingerprint density at radius 2 is 1.87 bits per heavy atom. The number of ether oxygens (including phenoxy) is 2. The van der Waals surface area contributed by atoms with Crippen molar-refractivity contribution in [2.45, 2.75) is 53.0 Å². The van der Waals surface area contributed by atoms with Crippen LogP contribution in [0.3, 0.4) is 0 Å². The second kappa shape index (κ2) is 13.5. The number of thioether (sulfide) groups is 1. The van der Waals surface area contributed by atoms with Crippen LogP contribution in [0.5, 0.6) is 11.5 Å². The number of hydrogen-bond donors (Lipinski definition) is 1. The lowest BCUT2D eigenvalue weighted by Crippen LogP contribution is -2.29. The van der Waals surface area contributed by atoms with Gasteiger partial charge in [-0.2, -0.15) is 5.26 Å². The number of methoxy groups -OCH3 is 2. The SMILES string of the molecule is CCCCN1C(=O)/C(=C\c2c(C)c(C#N)c(=O)n(CCC)c2NCCc2ccc(OC)c(OC)c2)SC1=S. The Morgan fingerprint density at radius 3 is 2.50 bits per heavy atom. The first-order valence-corrected chi connectivity index (χ1v) is 13.9. The number of rotatable bonds is 12. The highest BCUT2D eigenvalue weighted by molar-refractivity contribution is 8.26. The van der Waals surface area contributed by atoms with E-state index in [-0.39, 0.29) is 17.0 Å². The molecule has 0 atom stereocenters. The quantitative estimate of drug-likeness (QED) is 0.286. The molecule has 0 aliphatic carbocycles. The van der Waals surface area contributed by atoms with E-state index >= 15 is 0 Å². The van der Waals surface area contributed by atoms with E-state index in [2.05, 4.69) is 18.3 Å². The van der Waals surface area contributed by atoms with Crippen LogP contribution in [0.2, 0.25) is 0 Å². The number of unbranched alkanes of at least 4 members (excludes halogenated alkanes) is 1. The molecule has 1 amide bonds. The van der Waals surface area contributed by atoms with Crippen LogP contribution in [0.25, 0.3) is 6.08 Å². The molecule has 0 spiro atoms. The highest BCUT2D eigenvalue weighted by Crippen LogP contribution is 2.35. The van der Waals surface area contributed by atoms with Gasteiger partial charge in [-0.25, -0.2) is 0 Å². The van der Waals surface area contributed by atoms with E-state index in [1.807, 2.05) is 25.1 Å². The Labute approximate surface area is 233 Å². The minimum absolute atomic E-state index is 0.0802. The Hall–Kier alpha value is -3.29. The van der Waals surface area contributed by atoms with Crippen LogP contribution in [-0.2, 0) is 17.8 Å². The summed E-state index contributed by atoms with van der Waals surface area (Å²) >= 11 is 6.73. The molecule has 0 unspecified atom stereocenters. The van der Waals surface area contributed by atoms with Gasteiger partial charge in [-0.3, -0.25) is 19.1 Å². The molecule has 2 heterocycles. The third-order valence-corrected chi connectivity index (χ3v) is 7.74. The number of carbonyl (C=O) groups excluding carboxylic acids is 1. The fraction of sp³-hybridized carbons (Fsp3) is 0.429. The number of nitriles is 1. The van der Waals surface area contributed by atoms with Gasteiger partial charge >= 0.3 is 0 Å². The average Bonchev–Trinajstić information content (AvgIpc) is 3.18. The van der Waals surface area contributed by atoms with Crippen molar-refractivity contribution in [1.82, 2.24) is 9.47 Å². The Morgan fingerprint density at radius 1 is 1.13 bits per heavy atom. The van der Waals surface area contributed by atoms with Crippen molar-refractivity contribution in [2.75, 3.05) is 32.6 Å². The summed E-state index contributed by atoms with van der Waals surface area (Å²) in [6, 6.07) is 7.82. The van der Waals surface area contributed by atoms with E-state index in [9.17, 15) is 14.9 Å². The Balaban J connectivity index is 2.02. The van der Waals surface area contributed by atoms with Crippen molar-refractivity contribution >= 4 is 46.1 Å². The minimum atomic E-state index is -0.340. The van der Waals surface area contributed by atoms with E-state index in [1.165, 1.54) is 11.8 Å². The van der Waals surface area contributed by atoms with Gasteiger partial charge in [-0.05, 0) is 55.5 Å². The van der Waals surface area contributed by atoms with E-state index in [1.54, 1.807) is 36.7 Å². The number of carbonyl (C=O) groups is 1. The summed E-state index contributed by atoms with van der Waals surface area (Å²) in [5.41, 5.74) is 1.96. The molecule has 1 fully saturated rings. The maximum Gasteiger partial charge on any atom is 0.270 e. The van der Waals surface area contributed by atoms with Crippen LogP contribution < -0.4 is 20.3 Å². The van der Waals surface area contributed by atoms with Gasteiger partial charge in [0.2, 0.25) is 0 Å². The van der Waals surface area contributed by atoms with Crippen LogP contribution >= 0.6 is 24.0 Å². The number of nitrogens with one attached hydrogen (secondary N) is 1. The van der Waals surface area contributed by atoms with Gasteiger partial charge in [0.25, 0.3) is 11.5 Å². The van der Waals surface area contributed by atoms with Gasteiger partial charge < -0.3 is 14.8 Å². The van der Waals surface area contributed by atoms with E-state index in [4.69, 9.17) is 21.7 Å². The number of nitrogens with zero attached hydrogens (tertiary/aromatic N) is 3. The lowest BCUT2D eigenvalue weighted by molar-refractivity contribution is -0.122. The highest BCUT2D eigenvalue weighted by atomic mass is 32.2. The topological polar surface area (TPSA) is 96.6 Å². The molecule has 202 valence electrons. The van der Waals surface area contributed by atoms with Crippen molar-refractivity contribution in [2.24, 2.45) is 0 Å². The van der Waals surface area contributed by atoms with Crippen molar-refractivity contribution < 1.29 is 14.3 Å². The normalized spacial score (nSPS) is 14.2. The number of benzene rings is 1. The minimum Gasteiger partial charge on any atom is -0.493 e. The first kappa shape index (κ1) is 29.3. The first-order chi connectivity index (χ1) is 18.3. The molecule has 1 N–H and O–H groups in total. The van der Waals surface area contributed by atoms with Crippen LogP contribution in [0, 0.1) is 18.3 Å². The molecule has 1 saturated heterocycles. The van der Waals surface area contributed by atoms with Gasteiger partial charge in [0.05, 0.1) is 19.1 Å². The van der Waals surface area contributed by atoms with Gasteiger partial charge in [0.15, 0.2) is 11.5 Å². The van der Waals surface area contributed by atoms with Crippen LogP contribution in [0.15, 0.2) is 27.9 Å². The molecule has 8 nitrogen and oxygen atoms in total. The van der Waals surface area contributed by atoms with Gasteiger partial charge in [-0.1, -0.05) is 50.3 Å². The van der Waals surface area contributed by atoms with Gasteiger partial charge in [-0.15, -0.1) is 0 Å². The summed E-state index contributed by atoms with van der Waals surface area (Å²) in [5, 5.41) is 13.2. The zero-order chi connectivity index (χ0) is 27.8. The molecule has 1 aromatic heterocycles. The smallest absolute Gasteiger partial charge is 0.270 e. The summed E-state index contributed by atoms with van der Waals surface area (Å²) in [4.78, 5) is 28.5. The summed E-state index contributed by atoms with van der Waals surface area (Å²) < 4.78 is 12.9. The molecule has 2 aromatic rings. The fourth-order valence-corrected chi connectivity index (χ4v) is 5.58. The molecule has 0 saturated carbocycles. The number of anilines is 1. The van der Waals surface area contributed by atoms with Gasteiger partial charge in [0.1, 0.15) is 21.8 Å². The van der Waals surface area contributed by atoms with Crippen LogP contribution in [0.4, 0.5) is 5.82 Å². The molecule has 0 radical (unpaired) electrons. The molecule has 1 aromatic carbocycles. The zero-order valence-electron chi connectivity index (χ0n) is 22.6. The van der Waals surface area contributed by atoms with E-state index in [0.717, 1.165) is 18.4 Å². The fourth-order valence-electron chi connectivity index (χ4n) is 4.29. The average molecular weight is 555 g/mol. The molecule has 1 aliphatic heterocycles. The second-order valence-electron chi connectivity index (χ2n) is 8.88. The number of hydrogen-bond acceptors (Lipinski definition) is 8. The van der Waals surface area contributed by atoms with Crippen molar-refractivity contribution in [3.05, 3.63) is 55.7 Å². The third kappa shape index (κ3) is 6.22. The molecule has 1 aliphatic rings. The molecule has 10 heteroatoms. The standard InChI is InChI=1S/C28H34N4O4S2/c1-6-8-14-32-27(34)24(38-28(32)37)16-20-18(3)21(17-29)26(33)31(13-7-2)25(20)30-12-11-19-9-10-22(35-4)23(15-19)36-5/h9-10,15-16,30H,6-8,11-14H2,1-5H3/b24-16+. The van der Waals surface area contributed by atoms with E-state index in [0.29, 0.717) is 70.1 Å². The highest BCUT2D eigenvalue weighted by Gasteiger charge is 2.32. The summed E-state index contributed by atoms with van der Waals surface area (Å²) in [5.74, 6) is 1.75. The van der Waals surface area contributed by atoms with Crippen LogP contribution in [0.1, 0.15) is 55.4 Å². The molecule has 3 rings (SSSR count). The number of aromatic nitrogens is 1. The van der Waals surface area contributed by atoms with Gasteiger partial charge in [0, 0.05) is 25.2 Å². The molecular formula is C28H34N4O4S2. The third-order valence-electron chi connectivity index (χ3n) is 6.36. The first-order valence-electron chi connectivity index (χ1n) is 12.7. The monoisotopic (exact) mass is 554 g/mol. The predicted molar refractivity (Wildman–Crippen MR) is 157 cm³/mol. The number of thiocarbonyl (C=S) groups is 1. The maximum absolute atomic E-state index is 13.2. The zero-order valence-corrected chi connectivity index (χ0v) is 24.2. The van der Waals surface area contributed by atoms with Crippen molar-refractivity contribution in [1.29, 1.82) is 5.26 Å². The lowest BCUT2D eigenvalue weighted by Gasteiger charge is -2.20. The maximum atomic E-state index is 13.2. The molecular weight excluding hydrogens is 520 g/mol. The van der Waals surface area contributed by atoms with Crippen LogP contribution in [-0.4, -0.2) is 47.0 Å². The predicted octanol–water partition coefficient (Wildman–Crippen LogP) is 5.11. The summed E-state index contributed by atoms with van der Waals surface area (Å²) in [6.07, 6.45) is 4.94. The lowest BCUT2D eigenvalue weighted by atomic mass is 10.0.